The van der Waals surface area contributed by atoms with E-state index in [1.165, 1.54) is 18.2 Å². The van der Waals surface area contributed by atoms with E-state index < -0.39 is 0 Å². The molecule has 114 valence electrons. The second-order valence-corrected chi connectivity index (χ2v) is 5.18. The molecule has 1 aliphatic rings. The normalized spacial score (nSPS) is 13.7. The lowest BCUT2D eigenvalue weighted by atomic mass is 10.1. The lowest BCUT2D eigenvalue weighted by Crippen LogP contribution is -2.24. The number of hydrogen-bond donors (Lipinski definition) is 1. The summed E-state index contributed by atoms with van der Waals surface area (Å²) in [4.78, 5) is 22.1. The van der Waals surface area contributed by atoms with Crippen LogP contribution in [0.15, 0.2) is 36.7 Å². The molecular formula is C16H18N4O2. The first-order chi connectivity index (χ1) is 10.8. The third kappa shape index (κ3) is 3.23. The number of nitrogens with one attached hydrogen (secondary N) is 1. The van der Waals surface area contributed by atoms with E-state index in [1.807, 2.05) is 18.2 Å². The summed E-state index contributed by atoms with van der Waals surface area (Å²) in [5.41, 5.74) is 3.07. The molecule has 2 aromatic rings. The van der Waals surface area contributed by atoms with Crippen molar-refractivity contribution in [3.05, 3.63) is 53.3 Å². The largest absolute Gasteiger partial charge is 0.465 e. The average molecular weight is 298 g/mol. The Morgan fingerprint density at radius 2 is 2.05 bits per heavy atom. The second-order valence-electron chi connectivity index (χ2n) is 5.18. The first-order valence-electron chi connectivity index (χ1n) is 7.19. The molecule has 0 spiro atoms. The SMILES string of the molecule is COC(=O)c1ccc2c(c1)CN(CCNc1ncccn1)C2. The van der Waals surface area contributed by atoms with E-state index in [1.54, 1.807) is 18.5 Å². The molecule has 0 fully saturated rings. The van der Waals surface area contributed by atoms with Crippen molar-refractivity contribution >= 4 is 11.9 Å². The summed E-state index contributed by atoms with van der Waals surface area (Å²) in [5, 5.41) is 3.20. The van der Waals surface area contributed by atoms with Crippen molar-refractivity contribution in [3.8, 4) is 0 Å². The smallest absolute Gasteiger partial charge is 0.337 e. The van der Waals surface area contributed by atoms with Gasteiger partial charge >= 0.3 is 5.97 Å². The standard InChI is InChI=1S/C16H18N4O2/c1-22-15(21)12-3-4-13-10-20(11-14(13)9-12)8-7-19-16-17-5-2-6-18-16/h2-6,9H,7-8,10-11H2,1H3,(H,17,18,19). The highest BCUT2D eigenvalue weighted by Gasteiger charge is 2.20. The van der Waals surface area contributed by atoms with Crippen molar-refractivity contribution < 1.29 is 9.53 Å². The number of benzene rings is 1. The van der Waals surface area contributed by atoms with E-state index in [9.17, 15) is 4.79 Å². The Labute approximate surface area is 129 Å². The molecule has 6 nitrogen and oxygen atoms in total. The molecule has 1 aromatic heterocycles. The van der Waals surface area contributed by atoms with Crippen LogP contribution in [-0.2, 0) is 17.8 Å². The fourth-order valence-corrected chi connectivity index (χ4v) is 2.58. The monoisotopic (exact) mass is 298 g/mol. The van der Waals surface area contributed by atoms with E-state index in [4.69, 9.17) is 4.74 Å². The van der Waals surface area contributed by atoms with Crippen molar-refractivity contribution in [2.24, 2.45) is 0 Å². The van der Waals surface area contributed by atoms with E-state index in [-0.39, 0.29) is 5.97 Å². The van der Waals surface area contributed by atoms with E-state index >= 15 is 0 Å². The summed E-state index contributed by atoms with van der Waals surface area (Å²) >= 11 is 0. The van der Waals surface area contributed by atoms with Gasteiger partial charge in [0, 0.05) is 38.6 Å². The number of nitrogens with zero attached hydrogens (tertiary/aromatic N) is 3. The van der Waals surface area contributed by atoms with Crippen LogP contribution >= 0.6 is 0 Å². The van der Waals surface area contributed by atoms with Gasteiger partial charge in [0.2, 0.25) is 5.95 Å². The minimum atomic E-state index is -0.288. The summed E-state index contributed by atoms with van der Waals surface area (Å²) in [7, 11) is 1.40. The third-order valence-corrected chi connectivity index (χ3v) is 3.69. The number of carbonyl (C=O) groups excluding carboxylic acids is 1. The molecule has 0 atom stereocenters. The summed E-state index contributed by atoms with van der Waals surface area (Å²) in [6.45, 7) is 3.41. The molecule has 1 N–H and O–H groups in total. The van der Waals surface area contributed by atoms with Gasteiger partial charge < -0.3 is 10.1 Å². The zero-order chi connectivity index (χ0) is 15.4. The van der Waals surface area contributed by atoms with Gasteiger partial charge in [0.1, 0.15) is 0 Å². The molecule has 1 aromatic carbocycles. The highest BCUT2D eigenvalue weighted by molar-refractivity contribution is 5.89. The molecule has 0 aliphatic carbocycles. The molecule has 0 bridgehead atoms. The molecule has 22 heavy (non-hydrogen) atoms. The lowest BCUT2D eigenvalue weighted by Gasteiger charge is -2.14. The molecule has 0 unspecified atom stereocenters. The van der Waals surface area contributed by atoms with Gasteiger partial charge in [-0.2, -0.15) is 0 Å². The van der Waals surface area contributed by atoms with Crippen molar-refractivity contribution in [2.75, 3.05) is 25.5 Å². The van der Waals surface area contributed by atoms with Gasteiger partial charge in [0.15, 0.2) is 0 Å². The number of rotatable bonds is 5. The van der Waals surface area contributed by atoms with Crippen LogP contribution in [0.5, 0.6) is 0 Å². The van der Waals surface area contributed by atoms with Gasteiger partial charge in [-0.25, -0.2) is 14.8 Å². The average Bonchev–Trinajstić information content (AvgIpc) is 2.97. The highest BCUT2D eigenvalue weighted by Crippen LogP contribution is 2.23. The zero-order valence-corrected chi connectivity index (χ0v) is 12.5. The number of fused-ring (bicyclic) bond motifs is 1. The molecule has 6 heteroatoms. The van der Waals surface area contributed by atoms with Crippen LogP contribution in [0.4, 0.5) is 5.95 Å². The number of methoxy groups -OCH3 is 1. The summed E-state index contributed by atoms with van der Waals surface area (Å²) in [5.74, 6) is 0.358. The molecular weight excluding hydrogens is 280 g/mol. The quantitative estimate of drug-likeness (QED) is 0.847. The first kappa shape index (κ1) is 14.5. The minimum absolute atomic E-state index is 0.288. The van der Waals surface area contributed by atoms with E-state index in [0.29, 0.717) is 11.5 Å². The van der Waals surface area contributed by atoms with Crippen LogP contribution < -0.4 is 5.32 Å². The molecule has 2 heterocycles. The van der Waals surface area contributed by atoms with Crippen LogP contribution in [0.3, 0.4) is 0 Å². The van der Waals surface area contributed by atoms with Gasteiger partial charge in [-0.15, -0.1) is 0 Å². The van der Waals surface area contributed by atoms with Gasteiger partial charge in [0.25, 0.3) is 0 Å². The Hall–Kier alpha value is -2.47. The fourth-order valence-electron chi connectivity index (χ4n) is 2.58. The van der Waals surface area contributed by atoms with Crippen molar-refractivity contribution in [1.82, 2.24) is 14.9 Å². The molecule has 0 amide bonds. The van der Waals surface area contributed by atoms with Crippen LogP contribution in [0.1, 0.15) is 21.5 Å². The zero-order valence-electron chi connectivity index (χ0n) is 12.5. The Morgan fingerprint density at radius 1 is 1.27 bits per heavy atom. The molecule has 1 aliphatic heterocycles. The molecule has 3 rings (SSSR count). The second kappa shape index (κ2) is 6.53. The van der Waals surface area contributed by atoms with Crippen molar-refractivity contribution in [1.29, 1.82) is 0 Å². The highest BCUT2D eigenvalue weighted by atomic mass is 16.5. The Morgan fingerprint density at radius 3 is 2.82 bits per heavy atom. The van der Waals surface area contributed by atoms with Crippen molar-refractivity contribution in [3.63, 3.8) is 0 Å². The van der Waals surface area contributed by atoms with Crippen LogP contribution in [0, 0.1) is 0 Å². The van der Waals surface area contributed by atoms with Crippen LogP contribution in [0.2, 0.25) is 0 Å². The van der Waals surface area contributed by atoms with Gasteiger partial charge in [0.05, 0.1) is 12.7 Å². The molecule has 0 saturated heterocycles. The Bertz CT molecular complexity index is 660. The number of aromatic nitrogens is 2. The Kier molecular flexibility index (Phi) is 4.29. The van der Waals surface area contributed by atoms with E-state index in [2.05, 4.69) is 20.2 Å². The lowest BCUT2D eigenvalue weighted by molar-refractivity contribution is 0.0600. The van der Waals surface area contributed by atoms with Gasteiger partial charge in [-0.3, -0.25) is 4.90 Å². The maximum atomic E-state index is 11.6. The number of anilines is 1. The van der Waals surface area contributed by atoms with Gasteiger partial charge in [-0.05, 0) is 29.3 Å². The molecule has 0 saturated carbocycles. The summed E-state index contributed by atoms with van der Waals surface area (Å²) in [6.07, 6.45) is 3.44. The topological polar surface area (TPSA) is 67.3 Å². The van der Waals surface area contributed by atoms with Gasteiger partial charge in [-0.1, -0.05) is 6.07 Å². The summed E-state index contributed by atoms with van der Waals surface area (Å²) < 4.78 is 4.76. The van der Waals surface area contributed by atoms with Crippen LogP contribution in [-0.4, -0.2) is 41.0 Å². The number of carbonyl (C=O) groups is 1. The predicted molar refractivity (Wildman–Crippen MR) is 82.4 cm³/mol. The number of ether oxygens (including phenoxy) is 1. The third-order valence-electron chi connectivity index (χ3n) is 3.69. The fraction of sp³-hybridized carbons (Fsp3) is 0.312. The number of esters is 1. The minimum Gasteiger partial charge on any atom is -0.465 e. The maximum absolute atomic E-state index is 11.6. The van der Waals surface area contributed by atoms with Crippen LogP contribution in [0.25, 0.3) is 0 Å². The Balaban J connectivity index is 1.54. The first-order valence-corrected chi connectivity index (χ1v) is 7.19. The maximum Gasteiger partial charge on any atom is 0.337 e. The van der Waals surface area contributed by atoms with Crippen molar-refractivity contribution in [2.45, 2.75) is 13.1 Å². The number of hydrogen-bond acceptors (Lipinski definition) is 6. The van der Waals surface area contributed by atoms with E-state index in [0.717, 1.165) is 26.2 Å². The summed E-state index contributed by atoms with van der Waals surface area (Å²) in [6, 6.07) is 7.55. The predicted octanol–water partition coefficient (Wildman–Crippen LogP) is 1.69. The molecule has 0 radical (unpaired) electrons.